The topological polar surface area (TPSA) is 120 Å². The minimum absolute atomic E-state index is 0.0532. The molecule has 0 saturated carbocycles. The van der Waals surface area contributed by atoms with Crippen LogP contribution in [0.15, 0.2) is 42.5 Å². The highest BCUT2D eigenvalue weighted by Crippen LogP contribution is 2.42. The van der Waals surface area contributed by atoms with Gasteiger partial charge in [0.25, 0.3) is 0 Å². The van der Waals surface area contributed by atoms with Crippen molar-refractivity contribution in [3.63, 3.8) is 0 Å². The van der Waals surface area contributed by atoms with E-state index in [1.54, 1.807) is 0 Å². The van der Waals surface area contributed by atoms with Crippen molar-refractivity contribution in [1.29, 1.82) is 0 Å². The van der Waals surface area contributed by atoms with E-state index in [0.717, 1.165) is 63.4 Å². The molecule has 11 heteroatoms. The Morgan fingerprint density at radius 3 is 2.39 bits per heavy atom. The standard InChI is InChI=1S/C38H56O11/c1-5-6-13-20-26-21-16-10-8-7-9-11-17-22-28(39)45-32-29(40)36(44-27-23-41-35(46-31(27)32)25-18-14-12-15-19-25)47-34-33-30(48-38(3,4)49-33)24(2)42-37(34)43-26/h7-8,12,14-15,18-19,24,26-27,29-37,40H,5-6,9-11,13,16-17,20-23H2,1-4H3/b8-7+. The molecule has 2 bridgehead atoms. The second kappa shape index (κ2) is 17.1. The van der Waals surface area contributed by atoms with Crippen LogP contribution in [0, 0.1) is 0 Å². The maximum absolute atomic E-state index is 13.2. The predicted octanol–water partition coefficient (Wildman–Crippen LogP) is 6.01. The largest absolute Gasteiger partial charge is 0.456 e. The summed E-state index contributed by atoms with van der Waals surface area (Å²) in [5.41, 5.74) is 0.818. The van der Waals surface area contributed by atoms with Gasteiger partial charge in [0.05, 0.1) is 18.8 Å². The van der Waals surface area contributed by atoms with Crippen LogP contribution in [0.2, 0.25) is 0 Å². The number of hydrogen-bond acceptors (Lipinski definition) is 11. The van der Waals surface area contributed by atoms with Crippen molar-refractivity contribution in [2.24, 2.45) is 0 Å². The van der Waals surface area contributed by atoms with Crippen LogP contribution in [-0.2, 0) is 47.4 Å². The van der Waals surface area contributed by atoms with Crippen LogP contribution in [0.5, 0.6) is 0 Å². The van der Waals surface area contributed by atoms with Crippen molar-refractivity contribution in [1.82, 2.24) is 0 Å². The van der Waals surface area contributed by atoms with E-state index in [1.807, 2.05) is 51.1 Å². The molecule has 1 aromatic rings. The number of unbranched alkanes of at least 4 members (excludes halogenated alkanes) is 2. The molecule has 0 aromatic heterocycles. The third kappa shape index (κ3) is 9.30. The molecule has 49 heavy (non-hydrogen) atoms. The summed E-state index contributed by atoms with van der Waals surface area (Å²) in [7, 11) is 0. The fourth-order valence-corrected chi connectivity index (χ4v) is 7.48. The summed E-state index contributed by atoms with van der Waals surface area (Å²) in [6.45, 7) is 8.03. The van der Waals surface area contributed by atoms with Crippen molar-refractivity contribution < 1.29 is 52.5 Å². The van der Waals surface area contributed by atoms with Crippen molar-refractivity contribution in [2.75, 3.05) is 6.61 Å². The number of carbonyl (C=O) groups excluding carboxylic acids is 1. The molecule has 0 amide bonds. The number of aliphatic hydroxyl groups excluding tert-OH is 1. The van der Waals surface area contributed by atoms with E-state index in [4.69, 9.17) is 42.6 Å². The number of hydrogen-bond donors (Lipinski definition) is 1. The molecular formula is C38H56O11. The van der Waals surface area contributed by atoms with E-state index in [1.165, 1.54) is 0 Å². The normalized spacial score (nSPS) is 41.1. The summed E-state index contributed by atoms with van der Waals surface area (Å²) in [4.78, 5) is 13.2. The van der Waals surface area contributed by atoms with Gasteiger partial charge in [0.2, 0.25) is 0 Å². The Morgan fingerprint density at radius 2 is 1.59 bits per heavy atom. The zero-order valence-corrected chi connectivity index (χ0v) is 29.5. The van der Waals surface area contributed by atoms with Gasteiger partial charge in [-0.2, -0.15) is 0 Å². The molecule has 0 spiro atoms. The molecule has 1 aromatic carbocycles. The molecule has 0 aliphatic carbocycles. The maximum Gasteiger partial charge on any atom is 0.306 e. The molecule has 11 nitrogen and oxygen atoms in total. The van der Waals surface area contributed by atoms with Gasteiger partial charge in [-0.3, -0.25) is 4.79 Å². The highest BCUT2D eigenvalue weighted by atomic mass is 16.8. The van der Waals surface area contributed by atoms with Gasteiger partial charge in [-0.25, -0.2) is 0 Å². The number of fused-ring (bicyclic) bond motifs is 7. The molecule has 0 radical (unpaired) electrons. The molecule has 1 N–H and O–H groups in total. The van der Waals surface area contributed by atoms with Gasteiger partial charge in [-0.1, -0.05) is 68.7 Å². The van der Waals surface area contributed by atoms with E-state index >= 15 is 0 Å². The first-order valence-corrected chi connectivity index (χ1v) is 18.5. The van der Waals surface area contributed by atoms with Crippen LogP contribution in [-0.4, -0.2) is 91.0 Å². The summed E-state index contributed by atoms with van der Waals surface area (Å²) >= 11 is 0. The Labute approximate surface area is 290 Å². The monoisotopic (exact) mass is 688 g/mol. The number of aliphatic hydroxyl groups is 1. The predicted molar refractivity (Wildman–Crippen MR) is 178 cm³/mol. The highest BCUT2D eigenvalue weighted by Gasteiger charge is 2.58. The number of allylic oxidation sites excluding steroid dienone is 2. The Morgan fingerprint density at radius 1 is 0.816 bits per heavy atom. The van der Waals surface area contributed by atoms with E-state index in [-0.39, 0.29) is 25.2 Å². The summed E-state index contributed by atoms with van der Waals surface area (Å²) in [6.07, 6.45) is 5.24. The summed E-state index contributed by atoms with van der Waals surface area (Å²) < 4.78 is 57.6. The third-order valence-electron chi connectivity index (χ3n) is 10.0. The zero-order chi connectivity index (χ0) is 34.4. The van der Waals surface area contributed by atoms with Crippen molar-refractivity contribution in [3.05, 3.63) is 48.0 Å². The van der Waals surface area contributed by atoms with E-state index in [2.05, 4.69) is 19.1 Å². The van der Waals surface area contributed by atoms with Crippen LogP contribution in [0.25, 0.3) is 0 Å². The number of rotatable bonds is 5. The molecule has 5 aliphatic rings. The van der Waals surface area contributed by atoms with Crippen molar-refractivity contribution in [3.8, 4) is 0 Å². The van der Waals surface area contributed by atoms with Gasteiger partial charge in [0.1, 0.15) is 36.6 Å². The zero-order valence-electron chi connectivity index (χ0n) is 29.5. The van der Waals surface area contributed by atoms with Crippen LogP contribution in [0.1, 0.15) is 110 Å². The SMILES string of the molecule is CCCCCC1CCC/C=C/CCCCC(=O)OC2C(O)C(OC3COC(c4ccccc4)OC32)OC2C(O1)OC(C)C1OC(C)(C)OC12. The molecule has 4 saturated heterocycles. The van der Waals surface area contributed by atoms with Crippen LogP contribution in [0.4, 0.5) is 0 Å². The van der Waals surface area contributed by atoms with Crippen LogP contribution < -0.4 is 0 Å². The molecule has 5 heterocycles. The average molecular weight is 689 g/mol. The first-order chi connectivity index (χ1) is 23.7. The summed E-state index contributed by atoms with van der Waals surface area (Å²) in [6, 6.07) is 9.54. The molecule has 274 valence electrons. The smallest absolute Gasteiger partial charge is 0.306 e. The Balaban J connectivity index is 1.29. The lowest BCUT2D eigenvalue weighted by Crippen LogP contribution is -2.66. The first kappa shape index (κ1) is 36.8. The quantitative estimate of drug-likeness (QED) is 0.222. The third-order valence-corrected chi connectivity index (χ3v) is 10.0. The number of ether oxygens (including phenoxy) is 9. The lowest BCUT2D eigenvalue weighted by Gasteiger charge is -2.49. The van der Waals surface area contributed by atoms with Crippen molar-refractivity contribution >= 4 is 5.97 Å². The van der Waals surface area contributed by atoms with Crippen LogP contribution >= 0.6 is 0 Å². The Kier molecular flexibility index (Phi) is 12.8. The Bertz CT molecular complexity index is 1210. The fraction of sp³-hybridized carbons (Fsp3) is 0.763. The number of esters is 1. The Hall–Kier alpha value is -1.93. The first-order valence-electron chi connectivity index (χ1n) is 18.5. The molecule has 12 atom stereocenters. The van der Waals surface area contributed by atoms with Gasteiger partial charge in [-0.15, -0.1) is 0 Å². The van der Waals surface area contributed by atoms with Gasteiger partial charge >= 0.3 is 5.97 Å². The average Bonchev–Trinajstić information content (AvgIpc) is 3.42. The van der Waals surface area contributed by atoms with E-state index < -0.39 is 73.4 Å². The maximum atomic E-state index is 13.2. The lowest BCUT2D eigenvalue weighted by atomic mass is 9.96. The van der Waals surface area contributed by atoms with Crippen LogP contribution in [0.3, 0.4) is 0 Å². The van der Waals surface area contributed by atoms with Gasteiger partial charge < -0.3 is 47.7 Å². The van der Waals surface area contributed by atoms with E-state index in [9.17, 15) is 9.90 Å². The summed E-state index contributed by atoms with van der Waals surface area (Å²) in [5.74, 6) is -1.29. The fourth-order valence-electron chi connectivity index (χ4n) is 7.48. The van der Waals surface area contributed by atoms with Crippen molar-refractivity contribution in [2.45, 2.75) is 178 Å². The highest BCUT2D eigenvalue weighted by molar-refractivity contribution is 5.69. The molecule has 4 fully saturated rings. The van der Waals surface area contributed by atoms with E-state index in [0.29, 0.717) is 6.42 Å². The molecule has 5 aliphatic heterocycles. The minimum atomic E-state index is -1.38. The lowest BCUT2D eigenvalue weighted by molar-refractivity contribution is -0.388. The molecular weight excluding hydrogens is 632 g/mol. The summed E-state index contributed by atoms with van der Waals surface area (Å²) in [5, 5.41) is 11.9. The molecule has 12 unspecified atom stereocenters. The van der Waals surface area contributed by atoms with Gasteiger partial charge in [-0.05, 0) is 65.7 Å². The minimum Gasteiger partial charge on any atom is -0.456 e. The van der Waals surface area contributed by atoms with Gasteiger partial charge in [0, 0.05) is 12.0 Å². The second-order valence-corrected chi connectivity index (χ2v) is 14.4. The second-order valence-electron chi connectivity index (χ2n) is 14.4. The van der Waals surface area contributed by atoms with Gasteiger partial charge in [0.15, 0.2) is 30.8 Å². The number of benzene rings is 1. The molecule has 6 rings (SSSR count). The number of carbonyl (C=O) groups is 1.